The Balaban J connectivity index is 3.02. The number of amides is 2. The number of carbonyl (C=O) groups excluding carboxylic acids is 2. The number of rotatable bonds is 5. The van der Waals surface area contributed by atoms with Gasteiger partial charge in [0.2, 0.25) is 5.91 Å². The second-order valence-electron chi connectivity index (χ2n) is 4.84. The summed E-state index contributed by atoms with van der Waals surface area (Å²) in [4.78, 5) is 27.8. The van der Waals surface area contributed by atoms with Crippen molar-refractivity contribution in [1.29, 1.82) is 5.26 Å². The maximum atomic E-state index is 12.2. The highest BCUT2D eigenvalue weighted by Gasteiger charge is 2.39. The molecule has 0 fully saturated rings. The van der Waals surface area contributed by atoms with Crippen molar-refractivity contribution >= 4 is 11.8 Å². The molecule has 6 nitrogen and oxygen atoms in total. The SMILES string of the molecule is CC[C@](NC(=O)c1ccc(C#N)cn1)(C(N)=O)C(C)C. The molecular weight excluding hydrogens is 256 g/mol. The van der Waals surface area contributed by atoms with E-state index in [1.807, 2.05) is 19.9 Å². The number of nitrogens with one attached hydrogen (secondary N) is 1. The first-order valence-electron chi connectivity index (χ1n) is 6.36. The Morgan fingerprint density at radius 3 is 2.50 bits per heavy atom. The molecule has 2 amide bonds. The molecule has 3 N–H and O–H groups in total. The maximum Gasteiger partial charge on any atom is 0.270 e. The molecule has 1 rings (SSSR count). The summed E-state index contributed by atoms with van der Waals surface area (Å²) >= 11 is 0. The lowest BCUT2D eigenvalue weighted by atomic mass is 9.83. The van der Waals surface area contributed by atoms with Gasteiger partial charge in [-0.15, -0.1) is 0 Å². The van der Waals surface area contributed by atoms with E-state index in [2.05, 4.69) is 10.3 Å². The van der Waals surface area contributed by atoms with Gasteiger partial charge >= 0.3 is 0 Å². The first kappa shape index (κ1) is 15.6. The van der Waals surface area contributed by atoms with E-state index in [0.717, 1.165) is 0 Å². The summed E-state index contributed by atoms with van der Waals surface area (Å²) in [5.41, 5.74) is 4.84. The highest BCUT2D eigenvalue weighted by atomic mass is 16.2. The molecule has 0 spiro atoms. The molecule has 0 bridgehead atoms. The predicted molar refractivity (Wildman–Crippen MR) is 73.5 cm³/mol. The van der Waals surface area contributed by atoms with Gasteiger partial charge in [0.05, 0.1) is 5.56 Å². The molecular formula is C14H18N4O2. The minimum atomic E-state index is -1.10. The second-order valence-corrected chi connectivity index (χ2v) is 4.84. The predicted octanol–water partition coefficient (Wildman–Crippen LogP) is 0.973. The Bertz CT molecular complexity index is 545. The summed E-state index contributed by atoms with van der Waals surface area (Å²) in [5, 5.41) is 11.4. The van der Waals surface area contributed by atoms with Crippen LogP contribution in [0.3, 0.4) is 0 Å². The number of carbonyl (C=O) groups is 2. The molecule has 1 aromatic rings. The van der Waals surface area contributed by atoms with Gasteiger partial charge in [-0.2, -0.15) is 5.26 Å². The Morgan fingerprint density at radius 2 is 2.15 bits per heavy atom. The zero-order valence-electron chi connectivity index (χ0n) is 11.8. The van der Waals surface area contributed by atoms with Crippen LogP contribution in [0.25, 0.3) is 0 Å². The topological polar surface area (TPSA) is 109 Å². The molecule has 0 aliphatic heterocycles. The van der Waals surface area contributed by atoms with Crippen molar-refractivity contribution in [3.8, 4) is 6.07 Å². The van der Waals surface area contributed by atoms with Crippen molar-refractivity contribution < 1.29 is 9.59 Å². The fourth-order valence-corrected chi connectivity index (χ4v) is 2.02. The summed E-state index contributed by atoms with van der Waals surface area (Å²) in [6, 6.07) is 4.86. The van der Waals surface area contributed by atoms with E-state index < -0.39 is 17.4 Å². The van der Waals surface area contributed by atoms with Crippen LogP contribution < -0.4 is 11.1 Å². The van der Waals surface area contributed by atoms with Crippen LogP contribution in [0, 0.1) is 17.2 Å². The number of nitrogens with zero attached hydrogens (tertiary/aromatic N) is 2. The molecule has 1 aromatic heterocycles. The number of hydrogen-bond acceptors (Lipinski definition) is 4. The van der Waals surface area contributed by atoms with Crippen LogP contribution in [-0.4, -0.2) is 22.3 Å². The third kappa shape index (κ3) is 2.94. The molecule has 0 saturated carbocycles. The summed E-state index contributed by atoms with van der Waals surface area (Å²) in [7, 11) is 0. The van der Waals surface area contributed by atoms with Gasteiger partial charge in [0, 0.05) is 6.20 Å². The van der Waals surface area contributed by atoms with E-state index in [1.165, 1.54) is 18.3 Å². The average Bonchev–Trinajstić information content (AvgIpc) is 2.43. The van der Waals surface area contributed by atoms with Crippen LogP contribution in [-0.2, 0) is 4.79 Å². The molecule has 106 valence electrons. The number of pyridine rings is 1. The van der Waals surface area contributed by atoms with Crippen LogP contribution in [0.2, 0.25) is 0 Å². The molecule has 20 heavy (non-hydrogen) atoms. The van der Waals surface area contributed by atoms with Gasteiger partial charge in [-0.3, -0.25) is 9.59 Å². The van der Waals surface area contributed by atoms with Gasteiger partial charge in [0.1, 0.15) is 17.3 Å². The molecule has 6 heteroatoms. The van der Waals surface area contributed by atoms with Crippen molar-refractivity contribution in [2.24, 2.45) is 11.7 Å². The van der Waals surface area contributed by atoms with E-state index in [9.17, 15) is 9.59 Å². The van der Waals surface area contributed by atoms with Gasteiger partial charge in [-0.1, -0.05) is 20.8 Å². The minimum Gasteiger partial charge on any atom is -0.368 e. The largest absolute Gasteiger partial charge is 0.368 e. The van der Waals surface area contributed by atoms with Crippen LogP contribution in [0.1, 0.15) is 43.2 Å². The summed E-state index contributed by atoms with van der Waals surface area (Å²) in [5.74, 6) is -1.20. The van der Waals surface area contributed by atoms with Crippen molar-refractivity contribution in [3.05, 3.63) is 29.6 Å². The summed E-state index contributed by atoms with van der Waals surface area (Å²) < 4.78 is 0. The maximum absolute atomic E-state index is 12.2. The van der Waals surface area contributed by atoms with Crippen molar-refractivity contribution in [2.75, 3.05) is 0 Å². The third-order valence-corrected chi connectivity index (χ3v) is 3.44. The van der Waals surface area contributed by atoms with E-state index >= 15 is 0 Å². The standard InChI is InChI=1S/C14H18N4O2/c1-4-14(9(2)3,13(16)20)18-12(19)11-6-5-10(7-15)8-17-11/h5-6,8-9H,4H2,1-3H3,(H2,16,20)(H,18,19)/t14-/m1/s1. The molecule has 0 radical (unpaired) electrons. The minimum absolute atomic E-state index is 0.142. The van der Waals surface area contributed by atoms with E-state index in [0.29, 0.717) is 12.0 Å². The molecule has 0 saturated heterocycles. The monoisotopic (exact) mass is 274 g/mol. The first-order chi connectivity index (χ1) is 9.37. The van der Waals surface area contributed by atoms with Crippen molar-refractivity contribution in [3.63, 3.8) is 0 Å². The lowest BCUT2D eigenvalue weighted by Crippen LogP contribution is -2.60. The average molecular weight is 274 g/mol. The lowest BCUT2D eigenvalue weighted by molar-refractivity contribution is -0.126. The number of hydrogen-bond donors (Lipinski definition) is 2. The molecule has 1 heterocycles. The van der Waals surface area contributed by atoms with Gasteiger partial charge in [-0.25, -0.2) is 4.98 Å². The molecule has 0 unspecified atom stereocenters. The van der Waals surface area contributed by atoms with E-state index in [4.69, 9.17) is 11.0 Å². The molecule has 0 aromatic carbocycles. The third-order valence-electron chi connectivity index (χ3n) is 3.44. The van der Waals surface area contributed by atoms with Crippen LogP contribution in [0.15, 0.2) is 18.3 Å². The number of nitrogens with two attached hydrogens (primary N) is 1. The lowest BCUT2D eigenvalue weighted by Gasteiger charge is -2.34. The summed E-state index contributed by atoms with van der Waals surface area (Å²) in [6.07, 6.45) is 1.70. The molecule has 0 aliphatic rings. The first-order valence-corrected chi connectivity index (χ1v) is 6.36. The zero-order valence-corrected chi connectivity index (χ0v) is 11.8. The van der Waals surface area contributed by atoms with E-state index in [-0.39, 0.29) is 11.6 Å². The van der Waals surface area contributed by atoms with Gasteiger partial charge in [0.25, 0.3) is 5.91 Å². The quantitative estimate of drug-likeness (QED) is 0.833. The fraction of sp³-hybridized carbons (Fsp3) is 0.429. The van der Waals surface area contributed by atoms with Gasteiger partial charge in [-0.05, 0) is 24.5 Å². The number of aromatic nitrogens is 1. The van der Waals surface area contributed by atoms with Crippen LogP contribution in [0.5, 0.6) is 0 Å². The zero-order chi connectivity index (χ0) is 15.3. The molecule has 0 aliphatic carbocycles. The normalized spacial score (nSPS) is 13.3. The Labute approximate surface area is 118 Å². The van der Waals surface area contributed by atoms with Crippen LogP contribution >= 0.6 is 0 Å². The highest BCUT2D eigenvalue weighted by Crippen LogP contribution is 2.21. The Morgan fingerprint density at radius 1 is 1.50 bits per heavy atom. The smallest absolute Gasteiger partial charge is 0.270 e. The van der Waals surface area contributed by atoms with E-state index in [1.54, 1.807) is 6.92 Å². The fourth-order valence-electron chi connectivity index (χ4n) is 2.02. The van der Waals surface area contributed by atoms with Gasteiger partial charge < -0.3 is 11.1 Å². The number of nitriles is 1. The van der Waals surface area contributed by atoms with Crippen molar-refractivity contribution in [2.45, 2.75) is 32.7 Å². The van der Waals surface area contributed by atoms with Crippen LogP contribution in [0.4, 0.5) is 0 Å². The summed E-state index contributed by atoms with van der Waals surface area (Å²) in [6.45, 7) is 5.43. The molecule has 1 atom stereocenters. The van der Waals surface area contributed by atoms with Gasteiger partial charge in [0.15, 0.2) is 0 Å². The Kier molecular flexibility index (Phi) is 4.81. The second kappa shape index (κ2) is 6.15. The highest BCUT2D eigenvalue weighted by molar-refractivity contribution is 5.97. The number of primary amides is 1. The Hall–Kier alpha value is -2.42. The van der Waals surface area contributed by atoms with Crippen molar-refractivity contribution in [1.82, 2.24) is 10.3 Å².